The van der Waals surface area contributed by atoms with E-state index in [1.54, 1.807) is 0 Å². The van der Waals surface area contributed by atoms with Gasteiger partial charge in [-0.2, -0.15) is 0 Å². The quantitative estimate of drug-likeness (QED) is 0.786. The summed E-state index contributed by atoms with van der Waals surface area (Å²) in [4.78, 5) is 1.35. The lowest BCUT2D eigenvalue weighted by Crippen LogP contribution is -2.04. The molecule has 0 saturated heterocycles. The van der Waals surface area contributed by atoms with Gasteiger partial charge >= 0.3 is 0 Å². The van der Waals surface area contributed by atoms with Gasteiger partial charge in [-0.15, -0.1) is 11.8 Å². The van der Waals surface area contributed by atoms with Crippen molar-refractivity contribution >= 4 is 27.7 Å². The molecule has 0 radical (unpaired) electrons. The number of nitrogens with one attached hydrogen (secondary N) is 1. The van der Waals surface area contributed by atoms with Crippen LogP contribution in [0, 0.1) is 5.92 Å². The van der Waals surface area contributed by atoms with Crippen LogP contribution in [0.25, 0.3) is 0 Å². The molecule has 16 heavy (non-hydrogen) atoms. The molecule has 0 atom stereocenters. The number of halogens is 1. The van der Waals surface area contributed by atoms with Gasteiger partial charge in [0, 0.05) is 15.9 Å². The minimum absolute atomic E-state index is 0.787. The highest BCUT2D eigenvalue weighted by Crippen LogP contribution is 2.29. The van der Waals surface area contributed by atoms with Crippen LogP contribution in [0.4, 0.5) is 0 Å². The first-order chi connectivity index (χ1) is 7.63. The molecular formula is C13H20BrNS. The summed E-state index contributed by atoms with van der Waals surface area (Å²) in [6, 6.07) is 6.61. The molecule has 1 N–H and O–H groups in total. The number of thioether (sulfide) groups is 1. The summed E-state index contributed by atoms with van der Waals surface area (Å²) in [5, 5.41) is 3.16. The van der Waals surface area contributed by atoms with Crippen LogP contribution in [0.2, 0.25) is 0 Å². The van der Waals surface area contributed by atoms with Gasteiger partial charge in [-0.3, -0.25) is 0 Å². The standard InChI is InChI=1S/C13H20BrNS/c1-10(2)6-7-16-13-5-4-11(9-15-3)8-12(13)14/h4-5,8,10,15H,6-7,9H2,1-3H3. The monoisotopic (exact) mass is 301 g/mol. The smallest absolute Gasteiger partial charge is 0.0314 e. The molecule has 0 amide bonds. The van der Waals surface area contributed by atoms with Crippen molar-refractivity contribution in [1.82, 2.24) is 5.32 Å². The summed E-state index contributed by atoms with van der Waals surface area (Å²) in [6.07, 6.45) is 1.27. The lowest BCUT2D eigenvalue weighted by Gasteiger charge is -2.08. The summed E-state index contributed by atoms with van der Waals surface area (Å²) >= 11 is 5.57. The van der Waals surface area contributed by atoms with Gasteiger partial charge in [0.05, 0.1) is 0 Å². The minimum Gasteiger partial charge on any atom is -0.316 e. The second kappa shape index (κ2) is 7.36. The Morgan fingerprint density at radius 1 is 1.38 bits per heavy atom. The molecule has 0 spiro atoms. The third kappa shape index (κ3) is 4.89. The summed E-state index contributed by atoms with van der Waals surface area (Å²) in [7, 11) is 1.97. The second-order valence-corrected chi connectivity index (χ2v) is 6.32. The maximum atomic E-state index is 3.64. The summed E-state index contributed by atoms with van der Waals surface area (Å²) in [5.41, 5.74) is 1.32. The highest BCUT2D eigenvalue weighted by Gasteiger charge is 2.02. The Labute approximate surface area is 112 Å². The Morgan fingerprint density at radius 3 is 2.69 bits per heavy atom. The highest BCUT2D eigenvalue weighted by atomic mass is 79.9. The number of hydrogen-bond acceptors (Lipinski definition) is 2. The predicted molar refractivity (Wildman–Crippen MR) is 77.1 cm³/mol. The molecule has 0 saturated carbocycles. The van der Waals surface area contributed by atoms with Crippen molar-refractivity contribution in [1.29, 1.82) is 0 Å². The molecule has 0 aliphatic carbocycles. The van der Waals surface area contributed by atoms with E-state index >= 15 is 0 Å². The fourth-order valence-corrected chi connectivity index (χ4v) is 3.32. The fourth-order valence-electron chi connectivity index (χ4n) is 1.38. The SMILES string of the molecule is CNCc1ccc(SCCC(C)C)c(Br)c1. The van der Waals surface area contributed by atoms with E-state index in [1.165, 1.54) is 27.1 Å². The molecule has 3 heteroatoms. The van der Waals surface area contributed by atoms with E-state index in [2.05, 4.69) is 53.3 Å². The largest absolute Gasteiger partial charge is 0.316 e. The molecule has 0 unspecified atom stereocenters. The Kier molecular flexibility index (Phi) is 6.47. The van der Waals surface area contributed by atoms with E-state index in [0.29, 0.717) is 0 Å². The van der Waals surface area contributed by atoms with Crippen molar-refractivity contribution in [2.45, 2.75) is 31.7 Å². The first-order valence-electron chi connectivity index (χ1n) is 5.69. The van der Waals surface area contributed by atoms with Crippen molar-refractivity contribution in [2.24, 2.45) is 5.92 Å². The van der Waals surface area contributed by atoms with Crippen LogP contribution in [0.15, 0.2) is 27.6 Å². The molecule has 0 aromatic heterocycles. The zero-order valence-electron chi connectivity index (χ0n) is 10.2. The highest BCUT2D eigenvalue weighted by molar-refractivity contribution is 9.10. The van der Waals surface area contributed by atoms with Crippen molar-refractivity contribution in [3.63, 3.8) is 0 Å². The van der Waals surface area contributed by atoms with Crippen molar-refractivity contribution in [2.75, 3.05) is 12.8 Å². The number of hydrogen-bond donors (Lipinski definition) is 1. The van der Waals surface area contributed by atoms with Gasteiger partial charge in [0.2, 0.25) is 0 Å². The molecule has 0 bridgehead atoms. The van der Waals surface area contributed by atoms with E-state index in [9.17, 15) is 0 Å². The van der Waals surface area contributed by atoms with Gasteiger partial charge in [-0.05, 0) is 58.8 Å². The predicted octanol–water partition coefficient (Wildman–Crippen LogP) is 4.31. The molecule has 1 aromatic carbocycles. The van der Waals surface area contributed by atoms with Crippen LogP contribution in [-0.4, -0.2) is 12.8 Å². The minimum atomic E-state index is 0.787. The normalized spacial score (nSPS) is 11.1. The average molecular weight is 302 g/mol. The fraction of sp³-hybridized carbons (Fsp3) is 0.538. The third-order valence-corrected chi connectivity index (χ3v) is 4.36. The molecule has 90 valence electrons. The van der Waals surface area contributed by atoms with Crippen LogP contribution in [0.1, 0.15) is 25.8 Å². The van der Waals surface area contributed by atoms with Crippen LogP contribution < -0.4 is 5.32 Å². The topological polar surface area (TPSA) is 12.0 Å². The molecular weight excluding hydrogens is 282 g/mol. The van der Waals surface area contributed by atoms with E-state index in [1.807, 2.05) is 18.8 Å². The van der Waals surface area contributed by atoms with Gasteiger partial charge in [-0.1, -0.05) is 19.9 Å². The lowest BCUT2D eigenvalue weighted by atomic mass is 10.2. The van der Waals surface area contributed by atoms with Gasteiger partial charge in [0.25, 0.3) is 0 Å². The zero-order chi connectivity index (χ0) is 12.0. The van der Waals surface area contributed by atoms with Crippen LogP contribution in [-0.2, 0) is 6.54 Å². The summed E-state index contributed by atoms with van der Waals surface area (Å²) < 4.78 is 1.22. The van der Waals surface area contributed by atoms with E-state index < -0.39 is 0 Å². The van der Waals surface area contributed by atoms with Crippen molar-refractivity contribution in [3.05, 3.63) is 28.2 Å². The second-order valence-electron chi connectivity index (χ2n) is 4.33. The molecule has 1 rings (SSSR count). The van der Waals surface area contributed by atoms with Crippen molar-refractivity contribution < 1.29 is 0 Å². The number of benzene rings is 1. The molecule has 0 aliphatic rings. The molecule has 0 heterocycles. The maximum absolute atomic E-state index is 3.64. The van der Waals surface area contributed by atoms with E-state index in [4.69, 9.17) is 0 Å². The van der Waals surface area contributed by atoms with Gasteiger partial charge in [-0.25, -0.2) is 0 Å². The Balaban J connectivity index is 2.54. The Hall–Kier alpha value is 0.01000. The first kappa shape index (κ1) is 14.1. The van der Waals surface area contributed by atoms with Crippen LogP contribution in [0.3, 0.4) is 0 Å². The first-order valence-corrected chi connectivity index (χ1v) is 7.47. The molecule has 0 aliphatic heterocycles. The average Bonchev–Trinajstić information content (AvgIpc) is 2.21. The van der Waals surface area contributed by atoms with E-state index in [0.717, 1.165) is 12.5 Å². The van der Waals surface area contributed by atoms with E-state index in [-0.39, 0.29) is 0 Å². The van der Waals surface area contributed by atoms with Gasteiger partial charge in [0.1, 0.15) is 0 Å². The number of rotatable bonds is 6. The molecule has 1 nitrogen and oxygen atoms in total. The van der Waals surface area contributed by atoms with Crippen LogP contribution in [0.5, 0.6) is 0 Å². The maximum Gasteiger partial charge on any atom is 0.0314 e. The zero-order valence-corrected chi connectivity index (χ0v) is 12.6. The Morgan fingerprint density at radius 2 is 2.12 bits per heavy atom. The molecule has 0 fully saturated rings. The Bertz CT molecular complexity index is 326. The van der Waals surface area contributed by atoms with Crippen molar-refractivity contribution in [3.8, 4) is 0 Å². The van der Waals surface area contributed by atoms with Crippen LogP contribution >= 0.6 is 27.7 Å². The third-order valence-electron chi connectivity index (χ3n) is 2.33. The summed E-state index contributed by atoms with van der Waals surface area (Å²) in [6.45, 7) is 5.47. The summed E-state index contributed by atoms with van der Waals surface area (Å²) in [5.74, 6) is 1.98. The lowest BCUT2D eigenvalue weighted by molar-refractivity contribution is 0.632. The molecule has 1 aromatic rings. The van der Waals surface area contributed by atoms with Gasteiger partial charge in [0.15, 0.2) is 0 Å². The van der Waals surface area contributed by atoms with Gasteiger partial charge < -0.3 is 5.32 Å².